The smallest absolute Gasteiger partial charge is 0.225 e. The van der Waals surface area contributed by atoms with E-state index in [1.807, 2.05) is 18.2 Å². The Balaban J connectivity index is 1.97. The quantitative estimate of drug-likeness (QED) is 0.768. The molecule has 1 aromatic carbocycles. The number of aliphatic hydroxyl groups excluding tert-OH is 1. The van der Waals surface area contributed by atoms with Gasteiger partial charge in [-0.2, -0.15) is 0 Å². The Morgan fingerprint density at radius 2 is 2.20 bits per heavy atom. The van der Waals surface area contributed by atoms with E-state index >= 15 is 0 Å². The fourth-order valence-corrected chi connectivity index (χ4v) is 2.64. The lowest BCUT2D eigenvalue weighted by atomic mass is 9.92. The second-order valence-electron chi connectivity index (χ2n) is 5.81. The minimum atomic E-state index is -0.0372. The van der Waals surface area contributed by atoms with Gasteiger partial charge in [0, 0.05) is 24.9 Å². The van der Waals surface area contributed by atoms with E-state index in [1.54, 1.807) is 0 Å². The van der Waals surface area contributed by atoms with Gasteiger partial charge < -0.3 is 15.7 Å². The predicted octanol–water partition coefficient (Wildman–Crippen LogP) is 1.79. The number of benzene rings is 1. The standard InChI is InChI=1S/C16H24N2O2/c1-11(2)14(7-8-19)18-16(20)13-9-12-5-3-4-6-15(12)17-10-13/h3-6,11,13-14,17,19H,7-10H2,1-2H3,(H,18,20). The van der Waals surface area contributed by atoms with Gasteiger partial charge in [0.2, 0.25) is 5.91 Å². The number of nitrogens with one attached hydrogen (secondary N) is 2. The predicted molar refractivity (Wildman–Crippen MR) is 80.6 cm³/mol. The highest BCUT2D eigenvalue weighted by Gasteiger charge is 2.26. The summed E-state index contributed by atoms with van der Waals surface area (Å²) in [5, 5.41) is 15.5. The molecule has 0 spiro atoms. The van der Waals surface area contributed by atoms with Crippen LogP contribution < -0.4 is 10.6 Å². The molecular weight excluding hydrogens is 252 g/mol. The van der Waals surface area contributed by atoms with Crippen molar-refractivity contribution in [1.29, 1.82) is 0 Å². The molecule has 1 aromatic rings. The van der Waals surface area contributed by atoms with Gasteiger partial charge >= 0.3 is 0 Å². The van der Waals surface area contributed by atoms with Crippen LogP contribution in [0.25, 0.3) is 0 Å². The molecular formula is C16H24N2O2. The van der Waals surface area contributed by atoms with Crippen LogP contribution in [0.1, 0.15) is 25.8 Å². The third kappa shape index (κ3) is 3.51. The first kappa shape index (κ1) is 14.9. The molecule has 110 valence electrons. The maximum Gasteiger partial charge on any atom is 0.225 e. The second kappa shape index (κ2) is 6.75. The van der Waals surface area contributed by atoms with Gasteiger partial charge in [-0.05, 0) is 30.4 Å². The fourth-order valence-electron chi connectivity index (χ4n) is 2.64. The topological polar surface area (TPSA) is 61.4 Å². The molecule has 0 aliphatic carbocycles. The zero-order chi connectivity index (χ0) is 14.5. The van der Waals surface area contributed by atoms with Gasteiger partial charge in [0.1, 0.15) is 0 Å². The summed E-state index contributed by atoms with van der Waals surface area (Å²) in [6, 6.07) is 8.16. The van der Waals surface area contributed by atoms with Crippen LogP contribution in [-0.4, -0.2) is 30.2 Å². The highest BCUT2D eigenvalue weighted by molar-refractivity contribution is 5.81. The zero-order valence-electron chi connectivity index (χ0n) is 12.2. The van der Waals surface area contributed by atoms with E-state index in [0.29, 0.717) is 18.9 Å². The second-order valence-corrected chi connectivity index (χ2v) is 5.81. The summed E-state index contributed by atoms with van der Waals surface area (Å²) in [6.07, 6.45) is 1.39. The zero-order valence-corrected chi connectivity index (χ0v) is 12.2. The molecule has 0 saturated heterocycles. The van der Waals surface area contributed by atoms with Crippen LogP contribution in [0.4, 0.5) is 5.69 Å². The van der Waals surface area contributed by atoms with Crippen molar-refractivity contribution in [2.75, 3.05) is 18.5 Å². The lowest BCUT2D eigenvalue weighted by Gasteiger charge is -2.28. The van der Waals surface area contributed by atoms with E-state index < -0.39 is 0 Å². The molecule has 4 nitrogen and oxygen atoms in total. The SMILES string of the molecule is CC(C)C(CCO)NC(=O)C1CNc2ccccc2C1. The van der Waals surface area contributed by atoms with Crippen LogP contribution in [0.3, 0.4) is 0 Å². The number of rotatable bonds is 5. The fraction of sp³-hybridized carbons (Fsp3) is 0.562. The average Bonchev–Trinajstić information content (AvgIpc) is 2.46. The van der Waals surface area contributed by atoms with Crippen LogP contribution in [0, 0.1) is 11.8 Å². The van der Waals surface area contributed by atoms with Gasteiger partial charge in [-0.25, -0.2) is 0 Å². The number of amides is 1. The summed E-state index contributed by atoms with van der Waals surface area (Å²) in [5.41, 5.74) is 2.33. The summed E-state index contributed by atoms with van der Waals surface area (Å²) >= 11 is 0. The molecule has 2 atom stereocenters. The molecule has 1 aliphatic rings. The van der Waals surface area contributed by atoms with E-state index in [0.717, 1.165) is 12.1 Å². The minimum absolute atomic E-state index is 0.0372. The Kier molecular flexibility index (Phi) is 5.01. The summed E-state index contributed by atoms with van der Waals surface area (Å²) < 4.78 is 0. The van der Waals surface area contributed by atoms with Crippen molar-refractivity contribution in [3.63, 3.8) is 0 Å². The number of carbonyl (C=O) groups excluding carboxylic acids is 1. The third-order valence-corrected chi connectivity index (χ3v) is 3.97. The van der Waals surface area contributed by atoms with Gasteiger partial charge in [-0.15, -0.1) is 0 Å². The lowest BCUT2D eigenvalue weighted by molar-refractivity contribution is -0.125. The van der Waals surface area contributed by atoms with Crippen LogP contribution >= 0.6 is 0 Å². The van der Waals surface area contributed by atoms with Crippen molar-refractivity contribution in [3.05, 3.63) is 29.8 Å². The minimum Gasteiger partial charge on any atom is -0.396 e. The van der Waals surface area contributed by atoms with Crippen molar-refractivity contribution >= 4 is 11.6 Å². The van der Waals surface area contributed by atoms with Gasteiger partial charge in [-0.3, -0.25) is 4.79 Å². The number of carbonyl (C=O) groups is 1. The van der Waals surface area contributed by atoms with Crippen molar-refractivity contribution in [1.82, 2.24) is 5.32 Å². The van der Waals surface area contributed by atoms with E-state index in [4.69, 9.17) is 5.11 Å². The Labute approximate surface area is 120 Å². The Bertz CT molecular complexity index is 460. The van der Waals surface area contributed by atoms with Gasteiger partial charge in [0.05, 0.1) is 5.92 Å². The Morgan fingerprint density at radius 1 is 1.45 bits per heavy atom. The summed E-state index contributed by atoms with van der Waals surface area (Å²) in [6.45, 7) is 4.91. The number of fused-ring (bicyclic) bond motifs is 1. The molecule has 4 heteroatoms. The van der Waals surface area contributed by atoms with Crippen molar-refractivity contribution in [2.45, 2.75) is 32.7 Å². The molecule has 2 unspecified atom stereocenters. The summed E-state index contributed by atoms with van der Waals surface area (Å²) in [7, 11) is 0. The third-order valence-electron chi connectivity index (χ3n) is 3.97. The number of anilines is 1. The number of hydrogen-bond acceptors (Lipinski definition) is 3. The van der Waals surface area contributed by atoms with Gasteiger partial charge in [0.15, 0.2) is 0 Å². The van der Waals surface area contributed by atoms with Gasteiger partial charge in [-0.1, -0.05) is 32.0 Å². The molecule has 20 heavy (non-hydrogen) atoms. The summed E-state index contributed by atoms with van der Waals surface area (Å²) in [5.74, 6) is 0.374. The number of hydrogen-bond donors (Lipinski definition) is 3. The average molecular weight is 276 g/mol. The highest BCUT2D eigenvalue weighted by atomic mass is 16.3. The van der Waals surface area contributed by atoms with Crippen LogP contribution in [0.5, 0.6) is 0 Å². The first-order chi connectivity index (χ1) is 9.61. The number of para-hydroxylation sites is 1. The highest BCUT2D eigenvalue weighted by Crippen LogP contribution is 2.24. The Hall–Kier alpha value is -1.55. The molecule has 0 radical (unpaired) electrons. The maximum atomic E-state index is 12.4. The first-order valence-corrected chi connectivity index (χ1v) is 7.34. The monoisotopic (exact) mass is 276 g/mol. The van der Waals surface area contributed by atoms with E-state index in [2.05, 4.69) is 30.5 Å². The van der Waals surface area contributed by atoms with Crippen molar-refractivity contribution in [3.8, 4) is 0 Å². The van der Waals surface area contributed by atoms with E-state index in [1.165, 1.54) is 5.56 Å². The molecule has 1 aliphatic heterocycles. The molecule has 0 aromatic heterocycles. The first-order valence-electron chi connectivity index (χ1n) is 7.34. The maximum absolute atomic E-state index is 12.4. The lowest BCUT2D eigenvalue weighted by Crippen LogP contribution is -2.45. The number of aliphatic hydroxyl groups is 1. The summed E-state index contributed by atoms with van der Waals surface area (Å²) in [4.78, 5) is 12.4. The molecule has 0 saturated carbocycles. The molecule has 3 N–H and O–H groups in total. The normalized spacial score (nSPS) is 19.1. The van der Waals surface area contributed by atoms with Crippen molar-refractivity contribution < 1.29 is 9.90 Å². The molecule has 0 fully saturated rings. The van der Waals surface area contributed by atoms with Crippen LogP contribution in [0.2, 0.25) is 0 Å². The van der Waals surface area contributed by atoms with Crippen molar-refractivity contribution in [2.24, 2.45) is 11.8 Å². The molecule has 1 heterocycles. The van der Waals surface area contributed by atoms with Crippen LogP contribution in [-0.2, 0) is 11.2 Å². The van der Waals surface area contributed by atoms with Crippen LogP contribution in [0.15, 0.2) is 24.3 Å². The largest absolute Gasteiger partial charge is 0.396 e. The van der Waals surface area contributed by atoms with E-state index in [-0.39, 0.29) is 24.5 Å². The molecule has 1 amide bonds. The molecule has 2 rings (SSSR count). The molecule has 0 bridgehead atoms. The van der Waals surface area contributed by atoms with E-state index in [9.17, 15) is 4.79 Å². The van der Waals surface area contributed by atoms with Gasteiger partial charge in [0.25, 0.3) is 0 Å². The Morgan fingerprint density at radius 3 is 2.90 bits per heavy atom.